The van der Waals surface area contributed by atoms with Gasteiger partial charge < -0.3 is 14.6 Å². The Morgan fingerprint density at radius 3 is 2.69 bits per heavy atom. The Morgan fingerprint density at radius 1 is 1.28 bits per heavy atom. The minimum Gasteiger partial charge on any atom is -0.506 e. The lowest BCUT2D eigenvalue weighted by atomic mass is 9.95. The van der Waals surface area contributed by atoms with Gasteiger partial charge in [0.25, 0.3) is 5.56 Å². The summed E-state index contributed by atoms with van der Waals surface area (Å²) in [5.41, 5.74) is 1.53. The highest BCUT2D eigenvalue weighted by Crippen LogP contribution is 2.36. The lowest BCUT2D eigenvalue weighted by molar-refractivity contribution is -0.139. The van der Waals surface area contributed by atoms with Gasteiger partial charge in [-0.15, -0.1) is 0 Å². The standard InChI is InChI=1S/C26H24Br2N2O5S/c1-5-34-25(33)21-14(4)29-26-30(22(21)17-8-6-7-9-19(17)35-13(2)3)24(32)20(36-26)11-15-10-16(27)12-18(28)23(15)31/h6-13,22,31H,5H2,1-4H3/b20-11+/t22-/m0/s1. The number of hydrogen-bond donors (Lipinski definition) is 1. The van der Waals surface area contributed by atoms with Crippen molar-refractivity contribution < 1.29 is 19.4 Å². The number of aromatic nitrogens is 1. The fraction of sp³-hybridized carbons (Fsp3) is 0.269. The van der Waals surface area contributed by atoms with E-state index in [1.165, 1.54) is 15.9 Å². The number of esters is 1. The van der Waals surface area contributed by atoms with Crippen LogP contribution in [0.25, 0.3) is 6.08 Å². The van der Waals surface area contributed by atoms with Crippen LogP contribution < -0.4 is 19.6 Å². The van der Waals surface area contributed by atoms with Crippen molar-refractivity contribution in [2.45, 2.75) is 39.8 Å². The number of halogens is 2. The van der Waals surface area contributed by atoms with Crippen LogP contribution in [0.2, 0.25) is 0 Å². The Hall–Kier alpha value is -2.69. The summed E-state index contributed by atoms with van der Waals surface area (Å²) >= 11 is 7.93. The number of carbonyl (C=O) groups excluding carboxylic acids is 1. The highest BCUT2D eigenvalue weighted by atomic mass is 79.9. The number of thiazole rings is 1. The van der Waals surface area contributed by atoms with Crippen molar-refractivity contribution in [3.63, 3.8) is 0 Å². The molecule has 0 saturated carbocycles. The van der Waals surface area contributed by atoms with E-state index in [4.69, 9.17) is 9.47 Å². The first kappa shape index (κ1) is 26.4. The first-order valence-corrected chi connectivity index (χ1v) is 13.7. The van der Waals surface area contributed by atoms with Crippen molar-refractivity contribution in [1.82, 2.24) is 4.57 Å². The van der Waals surface area contributed by atoms with Gasteiger partial charge in [-0.2, -0.15) is 0 Å². The molecule has 7 nitrogen and oxygen atoms in total. The average molecular weight is 636 g/mol. The molecule has 0 bridgehead atoms. The van der Waals surface area contributed by atoms with Crippen LogP contribution in [0, 0.1) is 0 Å². The van der Waals surface area contributed by atoms with Crippen molar-refractivity contribution in [2.75, 3.05) is 6.61 Å². The van der Waals surface area contributed by atoms with Crippen LogP contribution in [0.15, 0.2) is 66.4 Å². The number of hydrogen-bond acceptors (Lipinski definition) is 7. The molecule has 2 aromatic carbocycles. The van der Waals surface area contributed by atoms with Crippen LogP contribution in [0.3, 0.4) is 0 Å². The summed E-state index contributed by atoms with van der Waals surface area (Å²) < 4.78 is 14.5. The van der Waals surface area contributed by atoms with Crippen molar-refractivity contribution in [1.29, 1.82) is 0 Å². The molecule has 36 heavy (non-hydrogen) atoms. The summed E-state index contributed by atoms with van der Waals surface area (Å²) in [6, 6.07) is 9.99. The van der Waals surface area contributed by atoms with Crippen molar-refractivity contribution in [3.8, 4) is 11.5 Å². The molecule has 1 aliphatic heterocycles. The lowest BCUT2D eigenvalue weighted by Gasteiger charge is -2.26. The molecule has 188 valence electrons. The molecule has 10 heteroatoms. The van der Waals surface area contributed by atoms with Crippen LogP contribution in [0.5, 0.6) is 11.5 Å². The predicted octanol–water partition coefficient (Wildman–Crippen LogP) is 4.82. The molecule has 0 radical (unpaired) electrons. The Labute approximate surface area is 228 Å². The molecule has 1 aliphatic rings. The van der Waals surface area contributed by atoms with Gasteiger partial charge in [-0.3, -0.25) is 9.36 Å². The monoisotopic (exact) mass is 634 g/mol. The van der Waals surface area contributed by atoms with E-state index in [2.05, 4.69) is 36.9 Å². The first-order chi connectivity index (χ1) is 17.1. The van der Waals surface area contributed by atoms with E-state index in [1.54, 1.807) is 32.1 Å². The van der Waals surface area contributed by atoms with Crippen LogP contribution in [-0.4, -0.2) is 28.4 Å². The number of aromatic hydroxyl groups is 1. The maximum Gasteiger partial charge on any atom is 0.338 e. The fourth-order valence-electron chi connectivity index (χ4n) is 3.99. The zero-order chi connectivity index (χ0) is 26.1. The number of benzene rings is 2. The Balaban J connectivity index is 2.01. The van der Waals surface area contributed by atoms with Crippen LogP contribution >= 0.6 is 43.2 Å². The molecule has 0 saturated heterocycles. The van der Waals surface area contributed by atoms with E-state index in [1.807, 2.05) is 38.1 Å². The maximum absolute atomic E-state index is 13.8. The largest absolute Gasteiger partial charge is 0.506 e. The lowest BCUT2D eigenvalue weighted by Crippen LogP contribution is -2.40. The molecule has 1 N–H and O–H groups in total. The quantitative estimate of drug-likeness (QED) is 0.393. The van der Waals surface area contributed by atoms with Gasteiger partial charge >= 0.3 is 5.97 Å². The Kier molecular flexibility index (Phi) is 7.87. The number of carbonyl (C=O) groups is 1. The minimum absolute atomic E-state index is 0.0136. The summed E-state index contributed by atoms with van der Waals surface area (Å²) in [6.45, 7) is 7.49. The summed E-state index contributed by atoms with van der Waals surface area (Å²) in [7, 11) is 0. The molecular formula is C26H24Br2N2O5S. The number of rotatable bonds is 6. The first-order valence-electron chi connectivity index (χ1n) is 11.3. The number of para-hydroxylation sites is 1. The highest BCUT2D eigenvalue weighted by Gasteiger charge is 2.35. The summed E-state index contributed by atoms with van der Waals surface area (Å²) in [5, 5.41) is 10.5. The fourth-order valence-corrected chi connectivity index (χ4v) is 6.29. The predicted molar refractivity (Wildman–Crippen MR) is 146 cm³/mol. The third kappa shape index (κ3) is 5.07. The van der Waals surface area contributed by atoms with Gasteiger partial charge in [0, 0.05) is 15.6 Å². The van der Waals surface area contributed by atoms with Crippen LogP contribution in [0.4, 0.5) is 0 Å². The average Bonchev–Trinajstić information content (AvgIpc) is 3.11. The van der Waals surface area contributed by atoms with E-state index in [-0.39, 0.29) is 29.6 Å². The van der Waals surface area contributed by atoms with Gasteiger partial charge in [0.15, 0.2) is 4.80 Å². The second kappa shape index (κ2) is 10.7. The number of phenolic OH excluding ortho intramolecular Hbond substituents is 1. The third-order valence-electron chi connectivity index (χ3n) is 5.44. The Bertz CT molecular complexity index is 1560. The van der Waals surface area contributed by atoms with Gasteiger partial charge in [-0.05, 0) is 67.9 Å². The van der Waals surface area contributed by atoms with Gasteiger partial charge in [0.05, 0.1) is 33.0 Å². The SMILES string of the molecule is CCOC(=O)C1=C(C)N=c2s/c(=C/c3cc(Br)cc(Br)c3O)c(=O)n2[C@H]1c1ccccc1OC(C)C. The molecular weight excluding hydrogens is 612 g/mol. The second-order valence-corrected chi connectivity index (χ2v) is 11.1. The van der Waals surface area contributed by atoms with Gasteiger partial charge in [0.2, 0.25) is 0 Å². The zero-order valence-corrected chi connectivity index (χ0v) is 24.0. The molecule has 2 heterocycles. The second-order valence-electron chi connectivity index (χ2n) is 8.33. The van der Waals surface area contributed by atoms with Gasteiger partial charge in [0.1, 0.15) is 17.5 Å². The van der Waals surface area contributed by atoms with E-state index in [0.29, 0.717) is 36.4 Å². The maximum atomic E-state index is 13.8. The normalized spacial score (nSPS) is 15.6. The van der Waals surface area contributed by atoms with Crippen LogP contribution in [-0.2, 0) is 9.53 Å². The van der Waals surface area contributed by atoms with Crippen LogP contribution in [0.1, 0.15) is 44.9 Å². The van der Waals surface area contributed by atoms with E-state index in [9.17, 15) is 14.7 Å². The number of allylic oxidation sites excluding steroid dienone is 1. The van der Waals surface area contributed by atoms with E-state index < -0.39 is 12.0 Å². The minimum atomic E-state index is -0.791. The molecule has 0 amide bonds. The van der Waals surface area contributed by atoms with Crippen molar-refractivity contribution in [3.05, 3.63) is 87.4 Å². The number of nitrogens with zero attached hydrogens (tertiary/aromatic N) is 2. The van der Waals surface area contributed by atoms with Gasteiger partial charge in [-0.25, -0.2) is 9.79 Å². The summed E-state index contributed by atoms with van der Waals surface area (Å²) in [5.74, 6) is 0.0442. The summed E-state index contributed by atoms with van der Waals surface area (Å²) in [6.07, 6.45) is 1.50. The van der Waals surface area contributed by atoms with Gasteiger partial charge in [-0.1, -0.05) is 45.5 Å². The molecule has 1 atom stereocenters. The smallest absolute Gasteiger partial charge is 0.338 e. The third-order valence-corrected chi connectivity index (χ3v) is 7.48. The molecule has 4 rings (SSSR count). The molecule has 1 aromatic heterocycles. The molecule has 0 spiro atoms. The highest BCUT2D eigenvalue weighted by molar-refractivity contribution is 9.11. The molecule has 0 unspecified atom stereocenters. The topological polar surface area (TPSA) is 90.1 Å². The summed E-state index contributed by atoms with van der Waals surface area (Å²) in [4.78, 5) is 32.0. The Morgan fingerprint density at radius 2 is 2.00 bits per heavy atom. The zero-order valence-electron chi connectivity index (χ0n) is 20.0. The molecule has 0 fully saturated rings. The molecule has 0 aliphatic carbocycles. The number of ether oxygens (including phenoxy) is 2. The number of fused-ring (bicyclic) bond motifs is 1. The van der Waals surface area contributed by atoms with E-state index >= 15 is 0 Å². The van der Waals surface area contributed by atoms with Crippen molar-refractivity contribution in [2.24, 2.45) is 4.99 Å². The van der Waals surface area contributed by atoms with Crippen molar-refractivity contribution >= 4 is 55.2 Å². The van der Waals surface area contributed by atoms with E-state index in [0.717, 1.165) is 4.47 Å². The number of phenols is 1. The molecule has 3 aromatic rings.